The molecule has 1 aromatic carbocycles. The minimum Gasteiger partial charge on any atom is -0.490 e. The Bertz CT molecular complexity index is 898. The van der Waals surface area contributed by atoms with Crippen molar-refractivity contribution in [2.24, 2.45) is 23.5 Å². The van der Waals surface area contributed by atoms with E-state index in [1.54, 1.807) is 6.20 Å². The molecule has 3 aliphatic carbocycles. The molecule has 1 heterocycles. The van der Waals surface area contributed by atoms with Crippen LogP contribution < -0.4 is 15.8 Å². The first-order chi connectivity index (χ1) is 13.7. The molecule has 0 saturated heterocycles. The molecule has 5 nitrogen and oxygen atoms in total. The second-order valence-corrected chi connectivity index (χ2v) is 8.50. The Morgan fingerprint density at radius 2 is 1.93 bits per heavy atom. The number of fused-ring (bicyclic) bond motifs is 3. The highest BCUT2D eigenvalue weighted by molar-refractivity contribution is 5.87. The maximum Gasteiger partial charge on any atom is 0.225 e. The zero-order valence-corrected chi connectivity index (χ0v) is 16.0. The Labute approximate surface area is 165 Å². The lowest BCUT2D eigenvalue weighted by atomic mass is 9.87. The second-order valence-electron chi connectivity index (χ2n) is 8.50. The summed E-state index contributed by atoms with van der Waals surface area (Å²) in [6, 6.07) is 8.31. The van der Waals surface area contributed by atoms with Gasteiger partial charge < -0.3 is 15.8 Å². The van der Waals surface area contributed by atoms with Crippen molar-refractivity contribution >= 4 is 16.7 Å². The first-order valence-corrected chi connectivity index (χ1v) is 10.4. The van der Waals surface area contributed by atoms with E-state index in [0.717, 1.165) is 48.6 Å². The summed E-state index contributed by atoms with van der Waals surface area (Å²) in [7, 11) is 0. The number of nitrogens with zero attached hydrogens (tertiary/aromatic N) is 1. The molecule has 2 bridgehead atoms. The SMILES string of the molecule is N[C@@H]1[C@H](C(=O)NC2CCC(Oc3cccc4cnccc34)CC2)[C@@H]2C=C[C@H]1C2. The van der Waals surface area contributed by atoms with Gasteiger partial charge in [-0.05, 0) is 56.1 Å². The zero-order valence-electron chi connectivity index (χ0n) is 16.0. The number of hydrogen-bond acceptors (Lipinski definition) is 4. The number of benzene rings is 1. The predicted molar refractivity (Wildman–Crippen MR) is 109 cm³/mol. The summed E-state index contributed by atoms with van der Waals surface area (Å²) in [5, 5.41) is 5.47. The molecule has 0 spiro atoms. The van der Waals surface area contributed by atoms with Gasteiger partial charge in [-0.2, -0.15) is 0 Å². The molecule has 0 aliphatic heterocycles. The Kier molecular flexibility index (Phi) is 4.55. The van der Waals surface area contributed by atoms with Crippen molar-refractivity contribution in [1.29, 1.82) is 0 Å². The highest BCUT2D eigenvalue weighted by Crippen LogP contribution is 2.43. The number of carbonyl (C=O) groups excluding carboxylic acids is 1. The van der Waals surface area contributed by atoms with Gasteiger partial charge in [0, 0.05) is 35.2 Å². The Balaban J connectivity index is 1.17. The second kappa shape index (κ2) is 7.21. The van der Waals surface area contributed by atoms with E-state index in [0.29, 0.717) is 11.8 Å². The summed E-state index contributed by atoms with van der Waals surface area (Å²) in [6.07, 6.45) is 13.1. The van der Waals surface area contributed by atoms with E-state index >= 15 is 0 Å². The number of nitrogens with one attached hydrogen (secondary N) is 1. The summed E-state index contributed by atoms with van der Waals surface area (Å²) in [5.74, 6) is 1.75. The number of carbonyl (C=O) groups is 1. The lowest BCUT2D eigenvalue weighted by Crippen LogP contribution is -2.48. The minimum atomic E-state index is -0.0479. The third-order valence-corrected chi connectivity index (χ3v) is 6.78. The maximum absolute atomic E-state index is 12.8. The molecule has 0 radical (unpaired) electrons. The van der Waals surface area contributed by atoms with Crippen LogP contribution in [0.25, 0.3) is 10.8 Å². The molecule has 3 aliphatic rings. The number of amides is 1. The van der Waals surface area contributed by atoms with E-state index in [9.17, 15) is 4.79 Å². The van der Waals surface area contributed by atoms with Crippen molar-refractivity contribution in [2.75, 3.05) is 0 Å². The van der Waals surface area contributed by atoms with E-state index in [-0.39, 0.29) is 30.0 Å². The fourth-order valence-electron chi connectivity index (χ4n) is 5.23. The number of ether oxygens (including phenoxy) is 1. The molecule has 0 unspecified atom stereocenters. The first-order valence-electron chi connectivity index (χ1n) is 10.4. The van der Waals surface area contributed by atoms with E-state index in [2.05, 4.69) is 28.5 Å². The van der Waals surface area contributed by atoms with Crippen LogP contribution in [0, 0.1) is 17.8 Å². The lowest BCUT2D eigenvalue weighted by Gasteiger charge is -2.32. The van der Waals surface area contributed by atoms with Gasteiger partial charge in [0.1, 0.15) is 5.75 Å². The normalized spacial score (nSPS) is 33.9. The number of allylic oxidation sites excluding steroid dienone is 1. The highest BCUT2D eigenvalue weighted by atomic mass is 16.5. The largest absolute Gasteiger partial charge is 0.490 e. The van der Waals surface area contributed by atoms with Gasteiger partial charge in [-0.15, -0.1) is 0 Å². The van der Waals surface area contributed by atoms with Crippen molar-refractivity contribution in [1.82, 2.24) is 10.3 Å². The fraction of sp³-hybridized carbons (Fsp3) is 0.478. The monoisotopic (exact) mass is 377 g/mol. The molecule has 3 N–H and O–H groups in total. The standard InChI is InChI=1S/C23H27N3O2/c24-22-15-5-4-14(12-15)21(22)23(27)26-17-6-8-18(9-7-17)28-20-3-1-2-16-13-25-11-10-19(16)20/h1-5,10-11,13-15,17-18,21-22H,6-9,12,24H2,(H,26,27)/t14-,15+,17?,18?,21-,22+/m1/s1. The number of nitrogens with two attached hydrogens (primary N) is 1. The topological polar surface area (TPSA) is 77.2 Å². The van der Waals surface area contributed by atoms with Gasteiger partial charge in [0.05, 0.1) is 12.0 Å². The van der Waals surface area contributed by atoms with Gasteiger partial charge in [0.25, 0.3) is 0 Å². The number of pyridine rings is 1. The minimum absolute atomic E-state index is 0.0180. The van der Waals surface area contributed by atoms with Crippen molar-refractivity contribution in [3.63, 3.8) is 0 Å². The number of aromatic nitrogens is 1. The Hall–Kier alpha value is -2.40. The molecule has 2 aromatic rings. The van der Waals surface area contributed by atoms with Crippen LogP contribution >= 0.6 is 0 Å². The smallest absolute Gasteiger partial charge is 0.225 e. The quantitative estimate of drug-likeness (QED) is 0.802. The van der Waals surface area contributed by atoms with E-state index in [1.165, 1.54) is 0 Å². The summed E-state index contributed by atoms with van der Waals surface area (Å²) in [5.41, 5.74) is 6.29. The van der Waals surface area contributed by atoms with Crippen molar-refractivity contribution in [2.45, 2.75) is 50.3 Å². The van der Waals surface area contributed by atoms with Crippen LogP contribution in [-0.4, -0.2) is 29.1 Å². The number of hydrogen-bond donors (Lipinski definition) is 2. The Morgan fingerprint density at radius 1 is 1.11 bits per heavy atom. The van der Waals surface area contributed by atoms with Gasteiger partial charge in [-0.1, -0.05) is 24.3 Å². The van der Waals surface area contributed by atoms with E-state index < -0.39 is 0 Å². The number of rotatable bonds is 4. The predicted octanol–water partition coefficient (Wildman–Crippen LogP) is 3.19. The van der Waals surface area contributed by atoms with Crippen molar-refractivity contribution < 1.29 is 9.53 Å². The summed E-state index contributed by atoms with van der Waals surface area (Å²) >= 11 is 0. The van der Waals surface area contributed by atoms with Crippen LogP contribution in [0.2, 0.25) is 0 Å². The van der Waals surface area contributed by atoms with Crippen molar-refractivity contribution in [3.8, 4) is 5.75 Å². The van der Waals surface area contributed by atoms with Gasteiger partial charge in [-0.3, -0.25) is 9.78 Å². The molecule has 2 fully saturated rings. The van der Waals surface area contributed by atoms with Crippen LogP contribution in [-0.2, 0) is 4.79 Å². The first kappa shape index (κ1) is 17.7. The molecule has 4 atom stereocenters. The Morgan fingerprint density at radius 3 is 2.71 bits per heavy atom. The molecule has 5 heteroatoms. The average Bonchev–Trinajstić information content (AvgIpc) is 3.31. The van der Waals surface area contributed by atoms with Gasteiger partial charge in [0.15, 0.2) is 0 Å². The highest BCUT2D eigenvalue weighted by Gasteiger charge is 2.46. The van der Waals surface area contributed by atoms with Crippen molar-refractivity contribution in [3.05, 3.63) is 48.8 Å². The molecule has 1 aromatic heterocycles. The maximum atomic E-state index is 12.8. The third-order valence-electron chi connectivity index (χ3n) is 6.78. The van der Waals surface area contributed by atoms with Crippen LogP contribution in [0.15, 0.2) is 48.8 Å². The van der Waals surface area contributed by atoms with Crippen LogP contribution in [0.4, 0.5) is 0 Å². The molecular formula is C23H27N3O2. The molecule has 28 heavy (non-hydrogen) atoms. The van der Waals surface area contributed by atoms with E-state index in [4.69, 9.17) is 10.5 Å². The summed E-state index contributed by atoms with van der Waals surface area (Å²) < 4.78 is 6.31. The fourth-order valence-corrected chi connectivity index (χ4v) is 5.23. The molecular weight excluding hydrogens is 350 g/mol. The zero-order chi connectivity index (χ0) is 19.1. The third kappa shape index (κ3) is 3.18. The average molecular weight is 377 g/mol. The van der Waals surface area contributed by atoms with Crippen LogP contribution in [0.5, 0.6) is 5.75 Å². The van der Waals surface area contributed by atoms with Crippen LogP contribution in [0.1, 0.15) is 32.1 Å². The van der Waals surface area contributed by atoms with Crippen LogP contribution in [0.3, 0.4) is 0 Å². The van der Waals surface area contributed by atoms with E-state index in [1.807, 2.05) is 24.4 Å². The molecule has 5 rings (SSSR count). The molecule has 2 saturated carbocycles. The summed E-state index contributed by atoms with van der Waals surface area (Å²) in [6.45, 7) is 0. The van der Waals surface area contributed by atoms with Gasteiger partial charge in [-0.25, -0.2) is 0 Å². The van der Waals surface area contributed by atoms with Gasteiger partial charge >= 0.3 is 0 Å². The van der Waals surface area contributed by atoms with Gasteiger partial charge in [0.2, 0.25) is 5.91 Å². The summed E-state index contributed by atoms with van der Waals surface area (Å²) in [4.78, 5) is 17.0. The lowest BCUT2D eigenvalue weighted by molar-refractivity contribution is -0.127. The molecule has 146 valence electrons. The molecule has 1 amide bonds.